The maximum atomic E-state index is 5.30. The van der Waals surface area contributed by atoms with E-state index in [4.69, 9.17) is 9.82 Å². The molecular weight excluding hydrogens is 344 g/mol. The number of pyridine rings is 2. The molecule has 0 spiro atoms. The maximum Gasteiger partial charge on any atom is 0.135 e. The fourth-order valence-electron chi connectivity index (χ4n) is 2.91. The first-order valence-corrected chi connectivity index (χ1v) is 9.33. The third-order valence-corrected chi connectivity index (χ3v) is 5.21. The van der Waals surface area contributed by atoms with Crippen LogP contribution in [0.2, 0.25) is 0 Å². The average molecular weight is 362 g/mol. The van der Waals surface area contributed by atoms with E-state index in [9.17, 15) is 0 Å². The van der Waals surface area contributed by atoms with Crippen LogP contribution >= 0.6 is 11.3 Å². The van der Waals surface area contributed by atoms with Gasteiger partial charge < -0.3 is 4.84 Å². The Hall–Kier alpha value is -2.86. The van der Waals surface area contributed by atoms with Crippen molar-refractivity contribution in [1.29, 1.82) is 0 Å². The van der Waals surface area contributed by atoms with E-state index in [0.717, 1.165) is 51.8 Å². The van der Waals surface area contributed by atoms with E-state index in [1.807, 2.05) is 24.5 Å². The van der Waals surface area contributed by atoms with Crippen molar-refractivity contribution in [2.24, 2.45) is 5.16 Å². The number of nitrogens with zero attached hydrogens (tertiary/aromatic N) is 4. The summed E-state index contributed by atoms with van der Waals surface area (Å²) in [7, 11) is 0. The Morgan fingerprint density at radius 3 is 3.04 bits per heavy atom. The number of fused-ring (bicyclic) bond motifs is 1. The first kappa shape index (κ1) is 16.6. The molecule has 3 aromatic rings. The van der Waals surface area contributed by atoms with Crippen LogP contribution < -0.4 is 0 Å². The number of oxime groups is 1. The van der Waals surface area contributed by atoms with E-state index in [1.54, 1.807) is 23.6 Å². The van der Waals surface area contributed by atoms with Crippen LogP contribution in [0.5, 0.6) is 0 Å². The van der Waals surface area contributed by atoms with Crippen molar-refractivity contribution in [1.82, 2.24) is 15.0 Å². The van der Waals surface area contributed by atoms with Gasteiger partial charge in [-0.15, -0.1) is 11.3 Å². The lowest BCUT2D eigenvalue weighted by molar-refractivity contribution is 0.174. The zero-order chi connectivity index (χ0) is 17.8. The molecule has 1 aliphatic rings. The molecule has 0 radical (unpaired) electrons. The third-order valence-electron chi connectivity index (χ3n) is 4.15. The second-order valence-electron chi connectivity index (χ2n) is 5.95. The molecule has 26 heavy (non-hydrogen) atoms. The molecular formula is C20H18N4OS. The Morgan fingerprint density at radius 2 is 2.19 bits per heavy atom. The fraction of sp³-hybridized carbons (Fsp3) is 0.200. The van der Waals surface area contributed by atoms with Crippen LogP contribution in [0.1, 0.15) is 24.1 Å². The predicted molar refractivity (Wildman–Crippen MR) is 104 cm³/mol. The molecule has 0 unspecified atom stereocenters. The zero-order valence-corrected chi connectivity index (χ0v) is 15.1. The Bertz CT molecular complexity index is 949. The Balaban J connectivity index is 1.67. The molecule has 0 saturated carbocycles. The van der Waals surface area contributed by atoms with Crippen molar-refractivity contribution in [3.63, 3.8) is 0 Å². The van der Waals surface area contributed by atoms with Crippen LogP contribution in [0.15, 0.2) is 60.7 Å². The van der Waals surface area contributed by atoms with Gasteiger partial charge in [0.05, 0.1) is 16.3 Å². The smallest absolute Gasteiger partial charge is 0.135 e. The highest BCUT2D eigenvalue weighted by Gasteiger charge is 2.19. The van der Waals surface area contributed by atoms with Gasteiger partial charge in [0, 0.05) is 24.2 Å². The van der Waals surface area contributed by atoms with Crippen molar-refractivity contribution in [2.75, 3.05) is 6.61 Å². The highest BCUT2D eigenvalue weighted by molar-refractivity contribution is 7.18. The van der Waals surface area contributed by atoms with Crippen molar-refractivity contribution in [3.05, 3.63) is 66.8 Å². The Kier molecular flexibility index (Phi) is 4.84. The lowest BCUT2D eigenvalue weighted by Gasteiger charge is -2.17. The molecule has 130 valence electrons. The van der Waals surface area contributed by atoms with Crippen LogP contribution in [-0.4, -0.2) is 27.3 Å². The standard InChI is InChI=1S/C20H18N4OS/c1-2-11-25-24-17-7-3-5-14-8-9-16(23-19(14)17)18-13-22-20(26-18)15-6-4-10-21-12-15/h2,4,6,8-10,12-13H,1,3,5,7,11H2/b24-17+. The van der Waals surface area contributed by atoms with Gasteiger partial charge >= 0.3 is 0 Å². The lowest BCUT2D eigenvalue weighted by atomic mass is 9.94. The van der Waals surface area contributed by atoms with Crippen molar-refractivity contribution in [3.8, 4) is 21.1 Å². The number of aryl methyl sites for hydroxylation is 1. The number of aromatic nitrogens is 3. The Morgan fingerprint density at radius 1 is 1.23 bits per heavy atom. The SMILES string of the molecule is C=CCO/N=C1\CCCc2ccc(-c3cnc(-c4cccnc4)s3)nc21. The quantitative estimate of drug-likeness (QED) is 0.381. The topological polar surface area (TPSA) is 60.3 Å². The highest BCUT2D eigenvalue weighted by atomic mass is 32.1. The van der Waals surface area contributed by atoms with Crippen LogP contribution in [0, 0.1) is 0 Å². The number of hydrogen-bond acceptors (Lipinski definition) is 6. The van der Waals surface area contributed by atoms with Crippen LogP contribution in [0.3, 0.4) is 0 Å². The zero-order valence-electron chi connectivity index (χ0n) is 14.3. The summed E-state index contributed by atoms with van der Waals surface area (Å²) in [6.07, 6.45) is 10.1. The summed E-state index contributed by atoms with van der Waals surface area (Å²) in [6, 6.07) is 8.13. The molecule has 0 aliphatic heterocycles. The number of rotatable bonds is 5. The monoisotopic (exact) mass is 362 g/mol. The molecule has 0 aromatic carbocycles. The lowest BCUT2D eigenvalue weighted by Crippen LogP contribution is -2.15. The molecule has 0 amide bonds. The molecule has 0 fully saturated rings. The summed E-state index contributed by atoms with van der Waals surface area (Å²) < 4.78 is 0. The molecule has 5 nitrogen and oxygen atoms in total. The van der Waals surface area contributed by atoms with E-state index in [1.165, 1.54) is 5.56 Å². The highest BCUT2D eigenvalue weighted by Crippen LogP contribution is 2.32. The van der Waals surface area contributed by atoms with Crippen LogP contribution in [0.4, 0.5) is 0 Å². The minimum atomic E-state index is 0.405. The van der Waals surface area contributed by atoms with Gasteiger partial charge in [-0.05, 0) is 43.0 Å². The summed E-state index contributed by atoms with van der Waals surface area (Å²) in [4.78, 5) is 19.9. The first-order chi connectivity index (χ1) is 12.8. The summed E-state index contributed by atoms with van der Waals surface area (Å²) in [6.45, 7) is 4.05. The van der Waals surface area contributed by atoms with Gasteiger partial charge in [-0.3, -0.25) is 4.98 Å². The average Bonchev–Trinajstić information content (AvgIpc) is 3.19. The first-order valence-electron chi connectivity index (χ1n) is 8.52. The fourth-order valence-corrected chi connectivity index (χ4v) is 3.79. The molecule has 0 bridgehead atoms. The second-order valence-corrected chi connectivity index (χ2v) is 6.98. The van der Waals surface area contributed by atoms with Crippen LogP contribution in [-0.2, 0) is 11.3 Å². The summed E-state index contributed by atoms with van der Waals surface area (Å²) in [5.74, 6) is 0. The van der Waals surface area contributed by atoms with Gasteiger partial charge in [0.2, 0.25) is 0 Å². The van der Waals surface area contributed by atoms with Crippen LogP contribution in [0.25, 0.3) is 21.1 Å². The van der Waals surface area contributed by atoms with Gasteiger partial charge in [-0.2, -0.15) is 0 Å². The van der Waals surface area contributed by atoms with Gasteiger partial charge in [-0.25, -0.2) is 9.97 Å². The van der Waals surface area contributed by atoms with Gasteiger partial charge in [-0.1, -0.05) is 23.9 Å². The molecule has 3 aromatic heterocycles. The summed E-state index contributed by atoms with van der Waals surface area (Å²) >= 11 is 1.61. The van der Waals surface area contributed by atoms with Gasteiger partial charge in [0.1, 0.15) is 17.3 Å². The van der Waals surface area contributed by atoms with E-state index < -0.39 is 0 Å². The van der Waals surface area contributed by atoms with Crippen molar-refractivity contribution in [2.45, 2.75) is 19.3 Å². The van der Waals surface area contributed by atoms with E-state index in [-0.39, 0.29) is 0 Å². The Labute approximate surface area is 156 Å². The number of hydrogen-bond donors (Lipinski definition) is 0. The minimum Gasteiger partial charge on any atom is -0.391 e. The maximum absolute atomic E-state index is 5.30. The number of thiazole rings is 1. The normalized spacial score (nSPS) is 14.8. The molecule has 4 rings (SSSR count). The van der Waals surface area contributed by atoms with E-state index in [2.05, 4.69) is 33.8 Å². The molecule has 6 heteroatoms. The largest absolute Gasteiger partial charge is 0.391 e. The van der Waals surface area contributed by atoms with Crippen molar-refractivity contribution < 1.29 is 4.84 Å². The summed E-state index contributed by atoms with van der Waals surface area (Å²) in [5, 5.41) is 5.20. The summed E-state index contributed by atoms with van der Waals surface area (Å²) in [5.41, 5.74) is 5.00. The molecule has 0 atom stereocenters. The van der Waals surface area contributed by atoms with Crippen molar-refractivity contribution >= 4 is 17.0 Å². The van der Waals surface area contributed by atoms with Gasteiger partial charge in [0.15, 0.2) is 0 Å². The molecule has 3 heterocycles. The molecule has 1 aliphatic carbocycles. The van der Waals surface area contributed by atoms with Gasteiger partial charge in [0.25, 0.3) is 0 Å². The third kappa shape index (κ3) is 3.41. The van der Waals surface area contributed by atoms with E-state index >= 15 is 0 Å². The second kappa shape index (κ2) is 7.58. The van der Waals surface area contributed by atoms with E-state index in [0.29, 0.717) is 6.61 Å². The molecule has 0 N–H and O–H groups in total. The molecule has 0 saturated heterocycles. The minimum absolute atomic E-state index is 0.405. The predicted octanol–water partition coefficient (Wildman–Crippen LogP) is 4.51.